The van der Waals surface area contributed by atoms with E-state index in [1.54, 1.807) is 14.2 Å². The summed E-state index contributed by atoms with van der Waals surface area (Å²) in [4.78, 5) is 19.7. The van der Waals surface area contributed by atoms with Gasteiger partial charge < -0.3 is 9.47 Å². The van der Waals surface area contributed by atoms with Crippen LogP contribution < -0.4 is 9.47 Å². The molecule has 6 nitrogen and oxygen atoms in total. The third kappa shape index (κ3) is 3.46. The van der Waals surface area contributed by atoms with E-state index in [4.69, 9.17) is 29.4 Å². The summed E-state index contributed by atoms with van der Waals surface area (Å²) in [6.45, 7) is 0. The zero-order valence-electron chi connectivity index (χ0n) is 18.7. The molecule has 4 aromatic carbocycles. The van der Waals surface area contributed by atoms with E-state index in [0.717, 1.165) is 67.1 Å². The fraction of sp³-hybridized carbons (Fsp3) is 0.0714. The largest absolute Gasteiger partial charge is 0.497 e. The summed E-state index contributed by atoms with van der Waals surface area (Å²) in [7, 11) is 3.31. The second kappa shape index (κ2) is 8.08. The lowest BCUT2D eigenvalue weighted by Crippen LogP contribution is -1.97. The molecule has 0 amide bonds. The second-order valence-corrected chi connectivity index (χ2v) is 7.92. The van der Waals surface area contributed by atoms with Crippen molar-refractivity contribution in [1.29, 1.82) is 0 Å². The number of rotatable bonds is 4. The summed E-state index contributed by atoms with van der Waals surface area (Å²) >= 11 is 0. The molecule has 0 aliphatic carbocycles. The molecule has 0 aliphatic heterocycles. The Kier molecular flexibility index (Phi) is 4.77. The number of hydrogen-bond donors (Lipinski definition) is 0. The first-order valence-corrected chi connectivity index (χ1v) is 10.9. The maximum atomic E-state index is 5.33. The predicted molar refractivity (Wildman–Crippen MR) is 134 cm³/mol. The van der Waals surface area contributed by atoms with Gasteiger partial charge >= 0.3 is 0 Å². The summed E-state index contributed by atoms with van der Waals surface area (Å²) in [5, 5.41) is 0. The molecular formula is C28H20N4O2. The van der Waals surface area contributed by atoms with Crippen LogP contribution in [0.15, 0.2) is 84.9 Å². The van der Waals surface area contributed by atoms with Gasteiger partial charge in [-0.25, -0.2) is 19.9 Å². The highest BCUT2D eigenvalue weighted by Gasteiger charge is 2.15. The maximum absolute atomic E-state index is 5.33. The number of hydrogen-bond acceptors (Lipinski definition) is 6. The Balaban J connectivity index is 1.61. The van der Waals surface area contributed by atoms with Crippen LogP contribution in [0.25, 0.3) is 55.6 Å². The van der Waals surface area contributed by atoms with E-state index in [-0.39, 0.29) is 0 Å². The number of aromatic nitrogens is 4. The van der Waals surface area contributed by atoms with Gasteiger partial charge in [0.05, 0.1) is 58.7 Å². The molecular weight excluding hydrogens is 424 g/mol. The van der Waals surface area contributed by atoms with Gasteiger partial charge in [-0.2, -0.15) is 0 Å². The number of para-hydroxylation sites is 2. The van der Waals surface area contributed by atoms with E-state index in [1.165, 1.54) is 0 Å². The van der Waals surface area contributed by atoms with Crippen molar-refractivity contribution in [2.75, 3.05) is 14.2 Å². The van der Waals surface area contributed by atoms with E-state index in [2.05, 4.69) is 0 Å². The van der Waals surface area contributed by atoms with Gasteiger partial charge in [-0.05, 0) is 72.8 Å². The van der Waals surface area contributed by atoms with Crippen molar-refractivity contribution in [3.05, 3.63) is 84.9 Å². The smallest absolute Gasteiger partial charge is 0.118 e. The SMILES string of the molecule is COc1ccc(-c2nc3cc4nc5ccccc5nc4cc3nc2-c2ccc(OC)cc2)cc1. The van der Waals surface area contributed by atoms with Crippen LogP contribution in [0.2, 0.25) is 0 Å². The van der Waals surface area contributed by atoms with E-state index < -0.39 is 0 Å². The van der Waals surface area contributed by atoms with E-state index in [0.29, 0.717) is 0 Å². The van der Waals surface area contributed by atoms with Crippen LogP contribution in [0.3, 0.4) is 0 Å². The molecule has 0 unspecified atom stereocenters. The Morgan fingerprint density at radius 1 is 0.441 bits per heavy atom. The standard InChI is InChI=1S/C28H20N4O2/c1-33-19-11-7-17(8-12-19)27-28(18-9-13-20(34-2)14-10-18)32-26-16-24-23(15-25(26)31-27)29-21-5-3-4-6-22(21)30-24/h3-16H,1-2H3. The molecule has 6 rings (SSSR count). The zero-order chi connectivity index (χ0) is 23.1. The van der Waals surface area contributed by atoms with Crippen molar-refractivity contribution in [1.82, 2.24) is 19.9 Å². The third-order valence-corrected chi connectivity index (χ3v) is 5.85. The van der Waals surface area contributed by atoms with Crippen LogP contribution in [0.4, 0.5) is 0 Å². The molecule has 6 heteroatoms. The molecule has 0 aliphatic rings. The van der Waals surface area contributed by atoms with Crippen molar-refractivity contribution in [3.63, 3.8) is 0 Å². The normalized spacial score (nSPS) is 11.2. The first-order chi connectivity index (χ1) is 16.7. The molecule has 2 aromatic heterocycles. The van der Waals surface area contributed by atoms with Crippen LogP contribution in [0.5, 0.6) is 11.5 Å². The lowest BCUT2D eigenvalue weighted by atomic mass is 10.0. The number of fused-ring (bicyclic) bond motifs is 3. The fourth-order valence-electron chi connectivity index (χ4n) is 4.07. The molecule has 0 saturated heterocycles. The van der Waals surface area contributed by atoms with Crippen molar-refractivity contribution in [2.45, 2.75) is 0 Å². The first kappa shape index (κ1) is 20.1. The molecule has 0 bridgehead atoms. The molecule has 6 aromatic rings. The number of nitrogens with zero attached hydrogens (tertiary/aromatic N) is 4. The lowest BCUT2D eigenvalue weighted by Gasteiger charge is -2.12. The van der Waals surface area contributed by atoms with Crippen molar-refractivity contribution < 1.29 is 9.47 Å². The minimum Gasteiger partial charge on any atom is -0.497 e. The summed E-state index contributed by atoms with van der Waals surface area (Å²) < 4.78 is 10.7. The molecule has 164 valence electrons. The average Bonchev–Trinajstić information content (AvgIpc) is 2.90. The summed E-state index contributed by atoms with van der Waals surface area (Å²) in [6.07, 6.45) is 0. The Hall–Kier alpha value is -4.58. The van der Waals surface area contributed by atoms with Crippen LogP contribution in [-0.4, -0.2) is 34.2 Å². The minimum atomic E-state index is 0.764. The summed E-state index contributed by atoms with van der Waals surface area (Å²) in [6, 6.07) is 27.5. The molecule has 2 heterocycles. The van der Waals surface area contributed by atoms with Crippen LogP contribution in [-0.2, 0) is 0 Å². The highest BCUT2D eigenvalue weighted by Crippen LogP contribution is 2.33. The monoisotopic (exact) mass is 444 g/mol. The predicted octanol–water partition coefficient (Wildman–Crippen LogP) is 6.08. The molecule has 0 saturated carbocycles. The highest BCUT2D eigenvalue weighted by atomic mass is 16.5. The van der Waals surface area contributed by atoms with Gasteiger partial charge in [0.25, 0.3) is 0 Å². The van der Waals surface area contributed by atoms with Crippen LogP contribution in [0, 0.1) is 0 Å². The lowest BCUT2D eigenvalue weighted by molar-refractivity contribution is 0.414. The maximum Gasteiger partial charge on any atom is 0.118 e. The first-order valence-electron chi connectivity index (χ1n) is 10.9. The topological polar surface area (TPSA) is 70.0 Å². The highest BCUT2D eigenvalue weighted by molar-refractivity contribution is 5.96. The van der Waals surface area contributed by atoms with Crippen LogP contribution >= 0.6 is 0 Å². The molecule has 0 fully saturated rings. The van der Waals surface area contributed by atoms with Gasteiger partial charge in [0, 0.05) is 11.1 Å². The van der Waals surface area contributed by atoms with E-state index in [9.17, 15) is 0 Å². The van der Waals surface area contributed by atoms with Crippen molar-refractivity contribution in [3.8, 4) is 34.0 Å². The van der Waals surface area contributed by atoms with Gasteiger partial charge in [-0.1, -0.05) is 12.1 Å². The molecule has 0 spiro atoms. The zero-order valence-corrected chi connectivity index (χ0v) is 18.7. The Morgan fingerprint density at radius 2 is 0.824 bits per heavy atom. The number of methoxy groups -OCH3 is 2. The number of ether oxygens (including phenoxy) is 2. The Bertz CT molecular complexity index is 1540. The quantitative estimate of drug-likeness (QED) is 0.307. The van der Waals surface area contributed by atoms with E-state index in [1.807, 2.05) is 84.9 Å². The minimum absolute atomic E-state index is 0.764. The molecule has 34 heavy (non-hydrogen) atoms. The van der Waals surface area contributed by atoms with E-state index >= 15 is 0 Å². The Labute approximate surface area is 195 Å². The van der Waals surface area contributed by atoms with Crippen molar-refractivity contribution >= 4 is 33.1 Å². The number of benzene rings is 4. The average molecular weight is 444 g/mol. The second-order valence-electron chi connectivity index (χ2n) is 7.92. The summed E-state index contributed by atoms with van der Waals surface area (Å²) in [5.74, 6) is 1.58. The van der Waals surface area contributed by atoms with Gasteiger partial charge in [-0.3, -0.25) is 0 Å². The molecule has 0 N–H and O–H groups in total. The molecule has 0 atom stereocenters. The van der Waals surface area contributed by atoms with Crippen LogP contribution in [0.1, 0.15) is 0 Å². The fourth-order valence-corrected chi connectivity index (χ4v) is 4.07. The van der Waals surface area contributed by atoms with Crippen molar-refractivity contribution in [2.24, 2.45) is 0 Å². The van der Waals surface area contributed by atoms with Gasteiger partial charge in [-0.15, -0.1) is 0 Å². The van der Waals surface area contributed by atoms with Gasteiger partial charge in [0.2, 0.25) is 0 Å². The third-order valence-electron chi connectivity index (χ3n) is 5.85. The van der Waals surface area contributed by atoms with Gasteiger partial charge in [0.1, 0.15) is 11.5 Å². The van der Waals surface area contributed by atoms with Gasteiger partial charge in [0.15, 0.2) is 0 Å². The molecule has 0 radical (unpaired) electrons. The summed E-state index contributed by atoms with van der Waals surface area (Å²) in [5.41, 5.74) is 8.29. The Morgan fingerprint density at radius 3 is 1.21 bits per heavy atom.